The van der Waals surface area contributed by atoms with Gasteiger partial charge >= 0.3 is 0 Å². The SMILES string of the molecule is CCC(=O)NC1CCN(CC)CC1. The molecule has 3 nitrogen and oxygen atoms in total. The van der Waals surface area contributed by atoms with E-state index in [0.29, 0.717) is 12.5 Å². The predicted octanol–water partition coefficient (Wildman–Crippen LogP) is 0.997. The zero-order chi connectivity index (χ0) is 9.68. The summed E-state index contributed by atoms with van der Waals surface area (Å²) in [6.07, 6.45) is 2.83. The zero-order valence-electron chi connectivity index (χ0n) is 8.68. The Kier molecular flexibility index (Phi) is 4.22. The first-order valence-corrected chi connectivity index (χ1v) is 5.28. The molecule has 0 bridgehead atoms. The van der Waals surface area contributed by atoms with Crippen LogP contribution in [0, 0.1) is 0 Å². The molecule has 1 fully saturated rings. The van der Waals surface area contributed by atoms with Crippen LogP contribution in [-0.2, 0) is 4.79 Å². The van der Waals surface area contributed by atoms with E-state index in [4.69, 9.17) is 0 Å². The standard InChI is InChI=1S/C10H20N2O/c1-3-10(13)11-9-5-7-12(4-2)8-6-9/h9H,3-8H2,1-2H3,(H,11,13). The molecule has 0 aromatic rings. The normalized spacial score (nSPS) is 20.2. The minimum Gasteiger partial charge on any atom is -0.353 e. The molecule has 0 saturated carbocycles. The van der Waals surface area contributed by atoms with Crippen molar-refractivity contribution in [1.29, 1.82) is 0 Å². The molecule has 0 unspecified atom stereocenters. The van der Waals surface area contributed by atoms with Crippen molar-refractivity contribution in [2.24, 2.45) is 0 Å². The molecule has 0 aliphatic carbocycles. The van der Waals surface area contributed by atoms with Crippen molar-refractivity contribution in [2.75, 3.05) is 19.6 Å². The lowest BCUT2D eigenvalue weighted by Crippen LogP contribution is -2.44. The van der Waals surface area contributed by atoms with Gasteiger partial charge in [-0.25, -0.2) is 0 Å². The monoisotopic (exact) mass is 184 g/mol. The van der Waals surface area contributed by atoms with E-state index in [1.165, 1.54) is 0 Å². The van der Waals surface area contributed by atoms with Crippen LogP contribution in [0.2, 0.25) is 0 Å². The molecule has 1 saturated heterocycles. The summed E-state index contributed by atoms with van der Waals surface area (Å²) >= 11 is 0. The highest BCUT2D eigenvalue weighted by molar-refractivity contribution is 5.75. The van der Waals surface area contributed by atoms with Crippen molar-refractivity contribution in [3.63, 3.8) is 0 Å². The highest BCUT2D eigenvalue weighted by atomic mass is 16.1. The first-order chi connectivity index (χ1) is 6.26. The second kappa shape index (κ2) is 5.22. The number of piperidine rings is 1. The van der Waals surface area contributed by atoms with E-state index in [1.54, 1.807) is 0 Å². The zero-order valence-corrected chi connectivity index (χ0v) is 8.68. The molecule has 76 valence electrons. The fraction of sp³-hybridized carbons (Fsp3) is 0.900. The third kappa shape index (κ3) is 3.35. The van der Waals surface area contributed by atoms with Crippen LogP contribution in [0.4, 0.5) is 0 Å². The molecule has 1 N–H and O–H groups in total. The third-order valence-corrected chi connectivity index (χ3v) is 2.72. The van der Waals surface area contributed by atoms with Crippen LogP contribution in [0.1, 0.15) is 33.1 Å². The lowest BCUT2D eigenvalue weighted by molar-refractivity contribution is -0.121. The molecule has 0 aromatic heterocycles. The third-order valence-electron chi connectivity index (χ3n) is 2.72. The van der Waals surface area contributed by atoms with Crippen LogP contribution in [0.15, 0.2) is 0 Å². The Bertz CT molecular complexity index is 162. The summed E-state index contributed by atoms with van der Waals surface area (Å²) in [4.78, 5) is 13.5. The molecule has 0 radical (unpaired) electrons. The molecular weight excluding hydrogens is 164 g/mol. The molecule has 13 heavy (non-hydrogen) atoms. The predicted molar refractivity (Wildman–Crippen MR) is 53.6 cm³/mol. The highest BCUT2D eigenvalue weighted by Gasteiger charge is 2.18. The quantitative estimate of drug-likeness (QED) is 0.709. The molecule has 0 spiro atoms. The number of carbonyl (C=O) groups excluding carboxylic acids is 1. The number of nitrogens with zero attached hydrogens (tertiary/aromatic N) is 1. The van der Waals surface area contributed by atoms with Crippen molar-refractivity contribution >= 4 is 5.91 Å². The average molecular weight is 184 g/mol. The van der Waals surface area contributed by atoms with Crippen LogP contribution >= 0.6 is 0 Å². The Hall–Kier alpha value is -0.570. The summed E-state index contributed by atoms with van der Waals surface area (Å²) < 4.78 is 0. The van der Waals surface area contributed by atoms with Gasteiger partial charge in [0.2, 0.25) is 5.91 Å². The minimum atomic E-state index is 0.190. The van der Waals surface area contributed by atoms with E-state index in [2.05, 4.69) is 17.1 Å². The summed E-state index contributed by atoms with van der Waals surface area (Å²) in [6.45, 7) is 7.48. The number of rotatable bonds is 3. The van der Waals surface area contributed by atoms with Crippen LogP contribution < -0.4 is 5.32 Å². The van der Waals surface area contributed by atoms with Crippen LogP contribution in [-0.4, -0.2) is 36.5 Å². The Morgan fingerprint density at radius 1 is 1.38 bits per heavy atom. The van der Waals surface area contributed by atoms with Gasteiger partial charge in [0, 0.05) is 25.6 Å². The summed E-state index contributed by atoms with van der Waals surface area (Å²) in [5.41, 5.74) is 0. The van der Waals surface area contributed by atoms with Gasteiger partial charge in [-0.1, -0.05) is 13.8 Å². The van der Waals surface area contributed by atoms with Crippen molar-refractivity contribution in [3.8, 4) is 0 Å². The van der Waals surface area contributed by atoms with Gasteiger partial charge in [0.1, 0.15) is 0 Å². The van der Waals surface area contributed by atoms with Gasteiger partial charge in [-0.15, -0.1) is 0 Å². The maximum absolute atomic E-state index is 11.1. The van der Waals surface area contributed by atoms with Gasteiger partial charge in [0.05, 0.1) is 0 Å². The second-order valence-electron chi connectivity index (χ2n) is 3.63. The Morgan fingerprint density at radius 2 is 2.00 bits per heavy atom. The minimum absolute atomic E-state index is 0.190. The van der Waals surface area contributed by atoms with Crippen LogP contribution in [0.3, 0.4) is 0 Å². The summed E-state index contributed by atoms with van der Waals surface area (Å²) in [5.74, 6) is 0.190. The molecule has 3 heteroatoms. The molecule has 0 aromatic carbocycles. The van der Waals surface area contributed by atoms with E-state index in [1.807, 2.05) is 6.92 Å². The lowest BCUT2D eigenvalue weighted by Gasteiger charge is -2.31. The number of hydrogen-bond donors (Lipinski definition) is 1. The first-order valence-electron chi connectivity index (χ1n) is 5.28. The molecular formula is C10H20N2O. The van der Waals surface area contributed by atoms with Gasteiger partial charge in [-0.2, -0.15) is 0 Å². The molecule has 1 amide bonds. The lowest BCUT2D eigenvalue weighted by atomic mass is 10.1. The van der Waals surface area contributed by atoms with Crippen LogP contribution in [0.5, 0.6) is 0 Å². The average Bonchev–Trinajstić information content (AvgIpc) is 2.19. The topological polar surface area (TPSA) is 32.3 Å². The molecule has 1 heterocycles. The highest BCUT2D eigenvalue weighted by Crippen LogP contribution is 2.09. The molecule has 1 rings (SSSR count). The number of amides is 1. The van der Waals surface area contributed by atoms with Crippen molar-refractivity contribution in [2.45, 2.75) is 39.2 Å². The van der Waals surface area contributed by atoms with Crippen LogP contribution in [0.25, 0.3) is 0 Å². The van der Waals surface area contributed by atoms with Gasteiger partial charge in [0.25, 0.3) is 0 Å². The molecule has 1 aliphatic rings. The number of nitrogens with one attached hydrogen (secondary N) is 1. The van der Waals surface area contributed by atoms with Gasteiger partial charge in [-0.05, 0) is 19.4 Å². The fourth-order valence-electron chi connectivity index (χ4n) is 1.72. The number of likely N-dealkylation sites (tertiary alicyclic amines) is 1. The fourth-order valence-corrected chi connectivity index (χ4v) is 1.72. The van der Waals surface area contributed by atoms with E-state index in [-0.39, 0.29) is 5.91 Å². The summed E-state index contributed by atoms with van der Waals surface area (Å²) in [6, 6.07) is 0.426. The maximum Gasteiger partial charge on any atom is 0.219 e. The van der Waals surface area contributed by atoms with Crippen molar-refractivity contribution in [1.82, 2.24) is 10.2 Å². The summed E-state index contributed by atoms with van der Waals surface area (Å²) in [5, 5.41) is 3.05. The molecule has 1 aliphatic heterocycles. The van der Waals surface area contributed by atoms with Crippen molar-refractivity contribution in [3.05, 3.63) is 0 Å². The molecule has 0 atom stereocenters. The van der Waals surface area contributed by atoms with Gasteiger partial charge in [0.15, 0.2) is 0 Å². The van der Waals surface area contributed by atoms with E-state index in [0.717, 1.165) is 32.5 Å². The summed E-state index contributed by atoms with van der Waals surface area (Å²) in [7, 11) is 0. The number of carbonyl (C=O) groups is 1. The Morgan fingerprint density at radius 3 is 2.46 bits per heavy atom. The second-order valence-corrected chi connectivity index (χ2v) is 3.63. The van der Waals surface area contributed by atoms with Gasteiger partial charge in [-0.3, -0.25) is 4.79 Å². The van der Waals surface area contributed by atoms with Crippen molar-refractivity contribution < 1.29 is 4.79 Å². The van der Waals surface area contributed by atoms with E-state index >= 15 is 0 Å². The Labute approximate surface area is 80.5 Å². The van der Waals surface area contributed by atoms with E-state index < -0.39 is 0 Å². The van der Waals surface area contributed by atoms with Gasteiger partial charge < -0.3 is 10.2 Å². The number of hydrogen-bond acceptors (Lipinski definition) is 2. The first kappa shape index (κ1) is 10.5. The van der Waals surface area contributed by atoms with E-state index in [9.17, 15) is 4.79 Å². The maximum atomic E-state index is 11.1. The Balaban J connectivity index is 2.21. The smallest absolute Gasteiger partial charge is 0.219 e. The largest absolute Gasteiger partial charge is 0.353 e.